The van der Waals surface area contributed by atoms with Crippen molar-refractivity contribution in [2.75, 3.05) is 10.6 Å². The van der Waals surface area contributed by atoms with E-state index in [1.54, 1.807) is 29.2 Å². The van der Waals surface area contributed by atoms with Crippen molar-refractivity contribution in [3.63, 3.8) is 0 Å². The number of nitrogens with zero attached hydrogens (tertiary/aromatic N) is 6. The first-order valence-corrected chi connectivity index (χ1v) is 10.9. The summed E-state index contributed by atoms with van der Waals surface area (Å²) in [6, 6.07) is 23.1. The maximum atomic E-state index is 7.30. The summed E-state index contributed by atoms with van der Waals surface area (Å²) in [4.78, 5) is 16.6. The monoisotopic (exact) mass is 454 g/mol. The molecule has 0 aliphatic heterocycles. The van der Waals surface area contributed by atoms with Gasteiger partial charge in [0.05, 0.1) is 24.0 Å². The van der Waals surface area contributed by atoms with E-state index in [9.17, 15) is 0 Å². The topological polar surface area (TPSA) is 84.4 Å². The average molecular weight is 454 g/mol. The largest absolute Gasteiger partial charge is 0.355 e. The highest BCUT2D eigenvalue weighted by molar-refractivity contribution is 5.95. The number of benzene rings is 2. The minimum absolute atomic E-state index is 0.576. The first kappa shape index (κ1) is 20.3. The van der Waals surface area contributed by atoms with Crippen molar-refractivity contribution in [3.05, 3.63) is 109 Å². The third-order valence-corrected chi connectivity index (χ3v) is 5.58. The lowest BCUT2D eigenvalue weighted by Crippen LogP contribution is -1.95. The van der Waals surface area contributed by atoms with E-state index in [0.29, 0.717) is 11.5 Å². The van der Waals surface area contributed by atoms with Crippen LogP contribution in [0.4, 0.5) is 28.4 Å². The molecule has 0 spiro atoms. The van der Waals surface area contributed by atoms with Crippen LogP contribution in [0.1, 0.15) is 0 Å². The summed E-state index contributed by atoms with van der Waals surface area (Å²) < 4.78 is 1.76. The number of hydrogen-bond acceptors (Lipinski definition) is 6. The Balaban J connectivity index is 1.26. The minimum Gasteiger partial charge on any atom is -0.355 e. The van der Waals surface area contributed by atoms with Crippen LogP contribution in [0.5, 0.6) is 0 Å². The maximum absolute atomic E-state index is 7.30. The molecule has 8 heteroatoms. The van der Waals surface area contributed by atoms with Crippen LogP contribution >= 0.6 is 0 Å². The fraction of sp³-hybridized carbons (Fsp3) is 0. The lowest BCUT2D eigenvalue weighted by atomic mass is 10.1. The lowest BCUT2D eigenvalue weighted by Gasteiger charge is -2.10. The van der Waals surface area contributed by atoms with Gasteiger partial charge in [0, 0.05) is 46.6 Å². The van der Waals surface area contributed by atoms with Crippen molar-refractivity contribution < 1.29 is 0 Å². The smallest absolute Gasteiger partial charge is 0.188 e. The van der Waals surface area contributed by atoms with Gasteiger partial charge in [0.2, 0.25) is 0 Å². The van der Waals surface area contributed by atoms with Crippen LogP contribution in [0, 0.1) is 6.57 Å². The number of pyridine rings is 3. The molecular weight excluding hydrogens is 436 g/mol. The molecule has 4 heterocycles. The predicted octanol–water partition coefficient (Wildman–Crippen LogP) is 6.38. The van der Waals surface area contributed by atoms with Crippen molar-refractivity contribution in [2.45, 2.75) is 0 Å². The van der Waals surface area contributed by atoms with Crippen LogP contribution in [-0.4, -0.2) is 24.6 Å². The second-order valence-corrected chi connectivity index (χ2v) is 7.89. The Hall–Kier alpha value is -5.29. The lowest BCUT2D eigenvalue weighted by molar-refractivity contribution is 0.967. The van der Waals surface area contributed by atoms with Gasteiger partial charge >= 0.3 is 0 Å². The quantitative estimate of drug-likeness (QED) is 0.294. The van der Waals surface area contributed by atoms with Gasteiger partial charge in [0.25, 0.3) is 0 Å². The molecule has 0 aliphatic rings. The summed E-state index contributed by atoms with van der Waals surface area (Å²) in [5.74, 6) is 0.647. The highest BCUT2D eigenvalue weighted by atomic mass is 15.3. The Morgan fingerprint density at radius 1 is 0.771 bits per heavy atom. The van der Waals surface area contributed by atoms with E-state index in [1.165, 1.54) is 0 Å². The average Bonchev–Trinajstić information content (AvgIpc) is 3.33. The van der Waals surface area contributed by atoms with Crippen LogP contribution in [0.3, 0.4) is 0 Å². The van der Waals surface area contributed by atoms with E-state index in [0.717, 1.165) is 44.9 Å². The van der Waals surface area contributed by atoms with Gasteiger partial charge in [-0.2, -0.15) is 0 Å². The Kier molecular flexibility index (Phi) is 4.98. The molecule has 0 bridgehead atoms. The molecule has 2 N–H and O–H groups in total. The van der Waals surface area contributed by atoms with Gasteiger partial charge in [0.1, 0.15) is 0 Å². The molecule has 0 saturated carbocycles. The molecule has 166 valence electrons. The number of fused-ring (bicyclic) bond motifs is 2. The van der Waals surface area contributed by atoms with Crippen molar-refractivity contribution in [3.8, 4) is 11.4 Å². The van der Waals surface area contributed by atoms with Crippen LogP contribution in [0.2, 0.25) is 0 Å². The number of nitrogens with one attached hydrogen (secondary N) is 2. The Bertz CT molecular complexity index is 1700. The molecule has 0 amide bonds. The number of rotatable bonds is 5. The Labute approximate surface area is 200 Å². The summed E-state index contributed by atoms with van der Waals surface area (Å²) in [5, 5.41) is 12.3. The van der Waals surface area contributed by atoms with E-state index < -0.39 is 0 Å². The third kappa shape index (κ3) is 4.10. The third-order valence-electron chi connectivity index (χ3n) is 5.58. The predicted molar refractivity (Wildman–Crippen MR) is 137 cm³/mol. The van der Waals surface area contributed by atoms with E-state index in [4.69, 9.17) is 6.57 Å². The zero-order valence-electron chi connectivity index (χ0n) is 18.4. The molecule has 0 atom stereocenters. The van der Waals surface area contributed by atoms with Crippen molar-refractivity contribution in [2.24, 2.45) is 0 Å². The van der Waals surface area contributed by atoms with Gasteiger partial charge in [-0.1, -0.05) is 6.07 Å². The summed E-state index contributed by atoms with van der Waals surface area (Å²) in [5.41, 5.74) is 6.76. The molecule has 0 unspecified atom stereocenters. The van der Waals surface area contributed by atoms with Gasteiger partial charge < -0.3 is 10.6 Å². The van der Waals surface area contributed by atoms with E-state index in [2.05, 4.69) is 35.5 Å². The molecule has 6 aromatic rings. The van der Waals surface area contributed by atoms with E-state index >= 15 is 0 Å². The van der Waals surface area contributed by atoms with Gasteiger partial charge in [0.15, 0.2) is 17.2 Å². The van der Waals surface area contributed by atoms with Crippen LogP contribution in [0.25, 0.3) is 32.8 Å². The van der Waals surface area contributed by atoms with Crippen molar-refractivity contribution in [1.82, 2.24) is 24.6 Å². The molecule has 6 rings (SSSR count). The van der Waals surface area contributed by atoms with Crippen LogP contribution in [-0.2, 0) is 0 Å². The second-order valence-electron chi connectivity index (χ2n) is 7.89. The number of aromatic nitrogens is 5. The summed E-state index contributed by atoms with van der Waals surface area (Å²) in [7, 11) is 0. The summed E-state index contributed by atoms with van der Waals surface area (Å²) in [6.45, 7) is 7.30. The normalized spacial score (nSPS) is 10.8. The van der Waals surface area contributed by atoms with Crippen molar-refractivity contribution >= 4 is 45.0 Å². The fourth-order valence-electron chi connectivity index (χ4n) is 3.85. The summed E-state index contributed by atoms with van der Waals surface area (Å²) in [6.07, 6.45) is 7.15. The molecule has 0 radical (unpaired) electrons. The number of anilines is 4. The summed E-state index contributed by atoms with van der Waals surface area (Å²) >= 11 is 0. The molecule has 8 nitrogen and oxygen atoms in total. The van der Waals surface area contributed by atoms with Crippen LogP contribution in [0.15, 0.2) is 97.6 Å². The highest BCUT2D eigenvalue weighted by Gasteiger charge is 2.09. The Morgan fingerprint density at radius 2 is 1.57 bits per heavy atom. The van der Waals surface area contributed by atoms with E-state index in [1.807, 2.05) is 72.9 Å². The number of hydrogen-bond donors (Lipinski definition) is 2. The Morgan fingerprint density at radius 3 is 2.40 bits per heavy atom. The van der Waals surface area contributed by atoms with Crippen LogP contribution < -0.4 is 10.6 Å². The first-order valence-electron chi connectivity index (χ1n) is 10.9. The molecule has 0 fully saturated rings. The van der Waals surface area contributed by atoms with Gasteiger partial charge in [-0.25, -0.2) is 14.3 Å². The second kappa shape index (κ2) is 8.57. The minimum atomic E-state index is 0.576. The molecular formula is C27H18N8. The van der Waals surface area contributed by atoms with Crippen molar-refractivity contribution in [1.29, 1.82) is 0 Å². The first-order chi connectivity index (χ1) is 17.2. The zero-order valence-corrected chi connectivity index (χ0v) is 18.4. The molecule has 35 heavy (non-hydrogen) atoms. The van der Waals surface area contributed by atoms with Gasteiger partial charge in [-0.3, -0.25) is 9.97 Å². The standard InChI is InChI=1S/C27H18N8/c1-28-21-6-8-24-23(16-21)25(12-15-30-24)32-22-7-9-26-33-27(34-35(26)17-22)18-2-4-19(5-3-18)31-20-10-13-29-14-11-20/h2-17H,(H,29,31)(H,30,32). The van der Waals surface area contributed by atoms with Gasteiger partial charge in [-0.05, 0) is 66.7 Å². The maximum Gasteiger partial charge on any atom is 0.188 e. The molecule has 2 aromatic carbocycles. The molecule has 0 aliphatic carbocycles. The van der Waals surface area contributed by atoms with E-state index in [-0.39, 0.29) is 0 Å². The van der Waals surface area contributed by atoms with Gasteiger partial charge in [-0.15, -0.1) is 5.10 Å². The molecule has 4 aromatic heterocycles. The molecule has 0 saturated heterocycles. The highest BCUT2D eigenvalue weighted by Crippen LogP contribution is 2.29. The zero-order chi connectivity index (χ0) is 23.6. The fourth-order valence-corrected chi connectivity index (χ4v) is 3.85. The SMILES string of the molecule is [C-]#[N+]c1ccc2nccc(Nc3ccc4nc(-c5ccc(Nc6ccncc6)cc5)nn4c3)c2c1.